The van der Waals surface area contributed by atoms with E-state index in [1.54, 1.807) is 0 Å². The summed E-state index contributed by atoms with van der Waals surface area (Å²) in [4.78, 5) is 6.22. The molecule has 3 N–H and O–H groups in total. The molecule has 0 fully saturated rings. The Morgan fingerprint density at radius 3 is 2.50 bits per heavy atom. The minimum atomic E-state index is 0.0846. The van der Waals surface area contributed by atoms with Crippen molar-refractivity contribution in [2.75, 3.05) is 11.9 Å². The number of amidine groups is 1. The first kappa shape index (κ1) is 12.4. The summed E-state index contributed by atoms with van der Waals surface area (Å²) in [6.07, 6.45) is 0.493. The lowest BCUT2D eigenvalue weighted by molar-refractivity contribution is 0.675. The highest BCUT2D eigenvalue weighted by Gasteiger charge is 2.14. The zero-order chi connectivity index (χ0) is 12.3. The first-order chi connectivity index (χ1) is 7.41. The zero-order valence-electron chi connectivity index (χ0n) is 10.2. The van der Waals surface area contributed by atoms with Gasteiger partial charge in [-0.15, -0.1) is 5.10 Å². The Morgan fingerprint density at radius 1 is 1.38 bits per heavy atom. The summed E-state index contributed by atoms with van der Waals surface area (Å²) in [6.45, 7) is 5.75. The topological polar surface area (TPSA) is 91.8 Å². The van der Waals surface area contributed by atoms with E-state index in [4.69, 9.17) is 11.1 Å². The van der Waals surface area contributed by atoms with E-state index in [0.717, 1.165) is 11.4 Å². The Balaban J connectivity index is 2.83. The molecule has 1 aromatic heterocycles. The van der Waals surface area contributed by atoms with Crippen LogP contribution >= 0.6 is 0 Å². The lowest BCUT2D eigenvalue weighted by Gasteiger charge is -2.24. The van der Waals surface area contributed by atoms with Crippen LogP contribution in [-0.4, -0.2) is 34.1 Å². The van der Waals surface area contributed by atoms with Gasteiger partial charge in [0.25, 0.3) is 0 Å². The summed E-state index contributed by atoms with van der Waals surface area (Å²) in [7, 11) is 1.87. The molecular formula is C10H18N6. The first-order valence-corrected chi connectivity index (χ1v) is 5.15. The van der Waals surface area contributed by atoms with Gasteiger partial charge in [0.05, 0.1) is 17.2 Å². The molecule has 1 heterocycles. The molecule has 0 aliphatic rings. The molecule has 0 saturated carbocycles. The lowest BCUT2D eigenvalue weighted by Crippen LogP contribution is -2.34. The molecule has 6 nitrogen and oxygen atoms in total. The van der Waals surface area contributed by atoms with E-state index >= 15 is 0 Å². The highest BCUT2D eigenvalue weighted by molar-refractivity contribution is 5.77. The van der Waals surface area contributed by atoms with Crippen LogP contribution < -0.4 is 10.6 Å². The van der Waals surface area contributed by atoms with Crippen molar-refractivity contribution in [2.45, 2.75) is 33.2 Å². The van der Waals surface area contributed by atoms with Crippen molar-refractivity contribution < 1.29 is 0 Å². The van der Waals surface area contributed by atoms with E-state index < -0.39 is 0 Å². The van der Waals surface area contributed by atoms with E-state index in [0.29, 0.717) is 12.4 Å². The Morgan fingerprint density at radius 2 is 2.00 bits per heavy atom. The molecule has 16 heavy (non-hydrogen) atoms. The standard InChI is InChI=1S/C10H18N6/c1-6(5-9(11)12)16(4)10-13-7(2)8(3)14-15-10/h6H,5H2,1-4H3,(H3,11,12). The number of nitrogens with two attached hydrogens (primary N) is 1. The molecule has 1 rings (SSSR count). The predicted molar refractivity (Wildman–Crippen MR) is 63.7 cm³/mol. The highest BCUT2D eigenvalue weighted by Crippen LogP contribution is 2.11. The molecule has 6 heteroatoms. The minimum absolute atomic E-state index is 0.0846. The van der Waals surface area contributed by atoms with Gasteiger partial charge in [0.1, 0.15) is 0 Å². The van der Waals surface area contributed by atoms with E-state index in [1.165, 1.54) is 0 Å². The van der Waals surface area contributed by atoms with Gasteiger partial charge in [0.2, 0.25) is 5.95 Å². The van der Waals surface area contributed by atoms with Crippen LogP contribution in [0.4, 0.5) is 5.95 Å². The second kappa shape index (κ2) is 4.87. The van der Waals surface area contributed by atoms with Crippen molar-refractivity contribution in [3.8, 4) is 0 Å². The molecule has 1 atom stereocenters. The largest absolute Gasteiger partial charge is 0.388 e. The maximum atomic E-state index is 7.25. The third kappa shape index (κ3) is 2.88. The van der Waals surface area contributed by atoms with E-state index in [-0.39, 0.29) is 11.9 Å². The molecule has 1 aromatic rings. The smallest absolute Gasteiger partial charge is 0.245 e. The Bertz CT molecular complexity index is 389. The van der Waals surface area contributed by atoms with Gasteiger partial charge in [-0.25, -0.2) is 4.98 Å². The summed E-state index contributed by atoms with van der Waals surface area (Å²) in [5.41, 5.74) is 7.06. The number of anilines is 1. The molecule has 0 bridgehead atoms. The molecule has 0 aliphatic heterocycles. The predicted octanol–water partition coefficient (Wildman–Crippen LogP) is 0.639. The fraction of sp³-hybridized carbons (Fsp3) is 0.600. The summed E-state index contributed by atoms with van der Waals surface area (Å²) >= 11 is 0. The van der Waals surface area contributed by atoms with Gasteiger partial charge in [0.15, 0.2) is 0 Å². The fourth-order valence-corrected chi connectivity index (χ4v) is 1.25. The Labute approximate surface area is 95.4 Å². The zero-order valence-corrected chi connectivity index (χ0v) is 10.2. The van der Waals surface area contributed by atoms with Crippen molar-refractivity contribution in [3.63, 3.8) is 0 Å². The van der Waals surface area contributed by atoms with Crippen molar-refractivity contribution >= 4 is 11.8 Å². The van der Waals surface area contributed by atoms with Crippen LogP contribution in [0.15, 0.2) is 0 Å². The quantitative estimate of drug-likeness (QED) is 0.576. The van der Waals surface area contributed by atoms with Crippen LogP contribution in [0.2, 0.25) is 0 Å². The SMILES string of the molecule is Cc1nnc(N(C)C(C)CC(=N)N)nc1C. The number of aromatic nitrogens is 3. The number of aryl methyl sites for hydroxylation is 2. The van der Waals surface area contributed by atoms with Gasteiger partial charge >= 0.3 is 0 Å². The molecule has 0 amide bonds. The van der Waals surface area contributed by atoms with Crippen LogP contribution in [0, 0.1) is 19.3 Å². The molecule has 0 aromatic carbocycles. The van der Waals surface area contributed by atoms with Gasteiger partial charge in [0, 0.05) is 19.5 Å². The highest BCUT2D eigenvalue weighted by atomic mass is 15.3. The average Bonchev–Trinajstić information content (AvgIpc) is 2.20. The number of nitrogens with one attached hydrogen (secondary N) is 1. The molecule has 0 aliphatic carbocycles. The first-order valence-electron chi connectivity index (χ1n) is 5.15. The number of nitrogens with zero attached hydrogens (tertiary/aromatic N) is 4. The average molecular weight is 222 g/mol. The van der Waals surface area contributed by atoms with Crippen LogP contribution in [-0.2, 0) is 0 Å². The summed E-state index contributed by atoms with van der Waals surface area (Å²) < 4.78 is 0. The van der Waals surface area contributed by atoms with Gasteiger partial charge in [-0.3, -0.25) is 5.41 Å². The second-order valence-corrected chi connectivity index (χ2v) is 3.97. The van der Waals surface area contributed by atoms with Crippen LogP contribution in [0.3, 0.4) is 0 Å². The molecule has 0 radical (unpaired) electrons. The minimum Gasteiger partial charge on any atom is -0.388 e. The van der Waals surface area contributed by atoms with Crippen LogP contribution in [0.5, 0.6) is 0 Å². The molecule has 88 valence electrons. The van der Waals surface area contributed by atoms with Crippen molar-refractivity contribution in [2.24, 2.45) is 5.73 Å². The number of rotatable bonds is 4. The van der Waals surface area contributed by atoms with Crippen molar-refractivity contribution in [1.29, 1.82) is 5.41 Å². The Hall–Kier alpha value is -1.72. The molecule has 1 unspecified atom stereocenters. The maximum absolute atomic E-state index is 7.25. The molecule has 0 saturated heterocycles. The van der Waals surface area contributed by atoms with Crippen molar-refractivity contribution in [3.05, 3.63) is 11.4 Å². The van der Waals surface area contributed by atoms with Crippen LogP contribution in [0.1, 0.15) is 24.7 Å². The van der Waals surface area contributed by atoms with E-state index in [1.807, 2.05) is 32.7 Å². The Kier molecular flexibility index (Phi) is 3.76. The van der Waals surface area contributed by atoms with E-state index in [2.05, 4.69) is 15.2 Å². The van der Waals surface area contributed by atoms with E-state index in [9.17, 15) is 0 Å². The number of hydrogen-bond acceptors (Lipinski definition) is 5. The normalized spacial score (nSPS) is 12.2. The summed E-state index contributed by atoms with van der Waals surface area (Å²) in [6, 6.07) is 0.0846. The van der Waals surface area contributed by atoms with Crippen molar-refractivity contribution in [1.82, 2.24) is 15.2 Å². The van der Waals surface area contributed by atoms with Gasteiger partial charge < -0.3 is 10.6 Å². The van der Waals surface area contributed by atoms with Gasteiger partial charge in [-0.05, 0) is 20.8 Å². The maximum Gasteiger partial charge on any atom is 0.245 e. The number of hydrogen-bond donors (Lipinski definition) is 2. The van der Waals surface area contributed by atoms with Gasteiger partial charge in [-0.1, -0.05) is 0 Å². The fourth-order valence-electron chi connectivity index (χ4n) is 1.25. The molecular weight excluding hydrogens is 204 g/mol. The lowest BCUT2D eigenvalue weighted by atomic mass is 10.2. The van der Waals surface area contributed by atoms with Crippen LogP contribution in [0.25, 0.3) is 0 Å². The van der Waals surface area contributed by atoms with Gasteiger partial charge in [-0.2, -0.15) is 5.10 Å². The summed E-state index contributed by atoms with van der Waals surface area (Å²) in [5, 5.41) is 15.3. The second-order valence-electron chi connectivity index (χ2n) is 3.97. The third-order valence-corrected chi connectivity index (χ3v) is 2.57. The molecule has 0 spiro atoms. The summed E-state index contributed by atoms with van der Waals surface area (Å²) in [5.74, 6) is 0.730. The monoisotopic (exact) mass is 222 g/mol. The third-order valence-electron chi connectivity index (χ3n) is 2.57.